The van der Waals surface area contributed by atoms with Crippen molar-refractivity contribution in [1.82, 2.24) is 15.3 Å². The molecule has 4 rings (SSSR count). The van der Waals surface area contributed by atoms with Crippen LogP contribution in [-0.2, 0) is 6.42 Å². The number of aromatic amines is 2. The van der Waals surface area contributed by atoms with Crippen LogP contribution in [0.4, 0.5) is 26.7 Å². The summed E-state index contributed by atoms with van der Waals surface area (Å²) in [5.74, 6) is -1.79. The van der Waals surface area contributed by atoms with Crippen molar-refractivity contribution in [3.05, 3.63) is 59.3 Å². The van der Waals surface area contributed by atoms with Gasteiger partial charge < -0.3 is 24.8 Å². The van der Waals surface area contributed by atoms with E-state index in [1.165, 1.54) is 18.2 Å². The molecule has 0 spiro atoms. The highest BCUT2D eigenvalue weighted by Crippen LogP contribution is 2.29. The molecule has 4 aromatic rings. The van der Waals surface area contributed by atoms with Crippen molar-refractivity contribution in [1.29, 1.82) is 0 Å². The largest absolute Gasteiger partial charge is 0.573 e. The van der Waals surface area contributed by atoms with Crippen molar-refractivity contribution < 1.29 is 36.2 Å². The smallest absolute Gasteiger partial charge is 0.406 e. The lowest BCUT2D eigenvalue weighted by molar-refractivity contribution is -0.274. The summed E-state index contributed by atoms with van der Waals surface area (Å²) in [6.45, 7) is 1.83. The van der Waals surface area contributed by atoms with Crippen molar-refractivity contribution in [2.75, 3.05) is 6.54 Å². The second-order valence-corrected chi connectivity index (χ2v) is 7.04. The number of hydrogen-bond acceptors (Lipinski definition) is 3. The highest BCUT2D eigenvalue weighted by Gasteiger charge is 2.31. The van der Waals surface area contributed by atoms with Gasteiger partial charge in [0.1, 0.15) is 17.4 Å². The third-order valence-corrected chi connectivity index (χ3v) is 4.79. The third kappa shape index (κ3) is 4.61. The summed E-state index contributed by atoms with van der Waals surface area (Å²) < 4.78 is 73.5. The summed E-state index contributed by atoms with van der Waals surface area (Å²) in [6, 6.07) is 7.01. The Balaban J connectivity index is 1.39. The fourth-order valence-electron chi connectivity index (χ4n) is 3.49. The number of aryl methyl sites for hydroxylation is 1. The van der Waals surface area contributed by atoms with Crippen LogP contribution in [0.25, 0.3) is 21.8 Å². The normalized spacial score (nSPS) is 11.8. The summed E-state index contributed by atoms with van der Waals surface area (Å²) in [5, 5.41) is 3.27. The predicted octanol–water partition coefficient (Wildman–Crippen LogP) is 5.47. The Morgan fingerprint density at radius 1 is 1.09 bits per heavy atom. The Morgan fingerprint density at radius 2 is 1.88 bits per heavy atom. The van der Waals surface area contributed by atoms with Gasteiger partial charge in [0.15, 0.2) is 0 Å². The summed E-state index contributed by atoms with van der Waals surface area (Å²) in [7, 11) is 0. The van der Waals surface area contributed by atoms with E-state index in [1.54, 1.807) is 6.92 Å². The lowest BCUT2D eigenvalue weighted by Gasteiger charge is -2.08. The molecule has 2 aromatic carbocycles. The number of rotatable bonds is 5. The molecule has 0 saturated heterocycles. The van der Waals surface area contributed by atoms with Crippen LogP contribution in [0.3, 0.4) is 0 Å². The number of carbonyl (C=O) groups is 1. The van der Waals surface area contributed by atoms with Gasteiger partial charge in [-0.25, -0.2) is 13.6 Å². The zero-order valence-electron chi connectivity index (χ0n) is 16.5. The number of halogens is 5. The number of aromatic nitrogens is 2. The molecule has 32 heavy (non-hydrogen) atoms. The fraction of sp³-hybridized carbons (Fsp3) is 0.190. The molecule has 2 heterocycles. The van der Waals surface area contributed by atoms with Gasteiger partial charge in [-0.3, -0.25) is 0 Å². The van der Waals surface area contributed by atoms with E-state index < -0.39 is 29.8 Å². The van der Waals surface area contributed by atoms with Crippen molar-refractivity contribution >= 4 is 27.9 Å². The van der Waals surface area contributed by atoms with Crippen molar-refractivity contribution in [2.24, 2.45) is 0 Å². The highest BCUT2D eigenvalue weighted by molar-refractivity contribution is 5.86. The molecule has 1 amide bonds. The summed E-state index contributed by atoms with van der Waals surface area (Å²) in [5.41, 5.74) is 1.93. The molecule has 0 bridgehead atoms. The topological polar surface area (TPSA) is 79.1 Å². The van der Waals surface area contributed by atoms with Crippen LogP contribution < -0.4 is 14.8 Å². The highest BCUT2D eigenvalue weighted by atomic mass is 19.4. The zero-order valence-corrected chi connectivity index (χ0v) is 16.5. The quantitative estimate of drug-likeness (QED) is 0.351. The van der Waals surface area contributed by atoms with Crippen LogP contribution in [0, 0.1) is 18.6 Å². The first kappa shape index (κ1) is 21.5. The zero-order chi connectivity index (χ0) is 23.0. The average molecular weight is 453 g/mol. The van der Waals surface area contributed by atoms with Crippen LogP contribution in [0.5, 0.6) is 11.6 Å². The second kappa shape index (κ2) is 8.06. The van der Waals surface area contributed by atoms with Crippen molar-refractivity contribution in [3.63, 3.8) is 0 Å². The predicted molar refractivity (Wildman–Crippen MR) is 106 cm³/mol. The molecule has 0 atom stereocenters. The molecule has 0 saturated carbocycles. The van der Waals surface area contributed by atoms with Crippen LogP contribution in [0.1, 0.15) is 11.3 Å². The Kier molecular flexibility index (Phi) is 5.41. The van der Waals surface area contributed by atoms with Gasteiger partial charge in [0.05, 0.1) is 5.52 Å². The minimum absolute atomic E-state index is 0.0223. The number of benzene rings is 2. The Bertz CT molecular complexity index is 1310. The molecule has 0 radical (unpaired) electrons. The third-order valence-electron chi connectivity index (χ3n) is 4.79. The number of ether oxygens (including phenoxy) is 2. The molecular weight excluding hydrogens is 437 g/mol. The van der Waals surface area contributed by atoms with Crippen LogP contribution in [-0.4, -0.2) is 29.0 Å². The molecule has 0 aliphatic heterocycles. The maximum atomic E-state index is 13.9. The van der Waals surface area contributed by atoms with Crippen LogP contribution in [0.15, 0.2) is 36.4 Å². The van der Waals surface area contributed by atoms with E-state index in [4.69, 9.17) is 4.74 Å². The fourth-order valence-corrected chi connectivity index (χ4v) is 3.49. The number of carbonyl (C=O) groups excluding carboxylic acids is 1. The maximum Gasteiger partial charge on any atom is 0.573 e. The first-order valence-corrected chi connectivity index (χ1v) is 9.39. The summed E-state index contributed by atoms with van der Waals surface area (Å²) >= 11 is 0. The standard InChI is InChI=1S/C21H16F5N3O3/c1-10-14(15-8-12(22)9-16(23)19(15)28-10)4-5-27-20(30)31-18-7-11-6-13(32-21(24,25)26)2-3-17(11)29-18/h2-3,6-9,28-29H,4-5H2,1H3,(H,27,30). The van der Waals surface area contributed by atoms with E-state index in [9.17, 15) is 26.7 Å². The van der Waals surface area contributed by atoms with Crippen LogP contribution >= 0.6 is 0 Å². The molecule has 3 N–H and O–H groups in total. The summed E-state index contributed by atoms with van der Waals surface area (Å²) in [4.78, 5) is 17.7. The van der Waals surface area contributed by atoms with Gasteiger partial charge in [0, 0.05) is 40.7 Å². The number of H-pyrrole nitrogens is 2. The first-order valence-electron chi connectivity index (χ1n) is 9.39. The van der Waals surface area contributed by atoms with Gasteiger partial charge in [0.2, 0.25) is 5.88 Å². The van der Waals surface area contributed by atoms with Crippen molar-refractivity contribution in [3.8, 4) is 11.6 Å². The van der Waals surface area contributed by atoms with E-state index in [-0.39, 0.29) is 24.4 Å². The van der Waals surface area contributed by atoms with Gasteiger partial charge in [-0.05, 0) is 43.2 Å². The molecule has 0 aliphatic carbocycles. The van der Waals surface area contributed by atoms with E-state index in [0.29, 0.717) is 27.5 Å². The minimum Gasteiger partial charge on any atom is -0.406 e. The molecule has 0 fully saturated rings. The monoisotopic (exact) mass is 453 g/mol. The lowest BCUT2D eigenvalue weighted by atomic mass is 10.1. The van der Waals surface area contributed by atoms with Gasteiger partial charge >= 0.3 is 12.5 Å². The average Bonchev–Trinajstić information content (AvgIpc) is 3.21. The number of amides is 1. The molecule has 6 nitrogen and oxygen atoms in total. The number of alkyl halides is 3. The molecule has 168 valence electrons. The molecule has 2 aromatic heterocycles. The molecule has 0 aliphatic rings. The van der Waals surface area contributed by atoms with Gasteiger partial charge in [0.25, 0.3) is 0 Å². The van der Waals surface area contributed by atoms with E-state index in [2.05, 4.69) is 20.0 Å². The Hall–Kier alpha value is -3.76. The van der Waals surface area contributed by atoms with Gasteiger partial charge in [-0.2, -0.15) is 0 Å². The van der Waals surface area contributed by atoms with Crippen LogP contribution in [0.2, 0.25) is 0 Å². The number of fused-ring (bicyclic) bond motifs is 2. The second-order valence-electron chi connectivity index (χ2n) is 7.04. The van der Waals surface area contributed by atoms with Gasteiger partial charge in [-0.15, -0.1) is 13.2 Å². The van der Waals surface area contributed by atoms with Crippen molar-refractivity contribution in [2.45, 2.75) is 19.7 Å². The summed E-state index contributed by atoms with van der Waals surface area (Å²) in [6.07, 6.45) is -5.34. The lowest BCUT2D eigenvalue weighted by Crippen LogP contribution is -2.28. The molecular formula is C21H16F5N3O3. The van der Waals surface area contributed by atoms with E-state index >= 15 is 0 Å². The van der Waals surface area contributed by atoms with Gasteiger partial charge in [-0.1, -0.05) is 0 Å². The molecule has 0 unspecified atom stereocenters. The van der Waals surface area contributed by atoms with E-state index in [0.717, 1.165) is 18.2 Å². The number of nitrogens with one attached hydrogen (secondary N) is 3. The Labute approximate surface area is 177 Å². The first-order chi connectivity index (χ1) is 15.1. The van der Waals surface area contributed by atoms with E-state index in [1.807, 2.05) is 0 Å². The Morgan fingerprint density at radius 3 is 2.62 bits per heavy atom. The maximum absolute atomic E-state index is 13.9. The SMILES string of the molecule is Cc1[nH]c2c(F)cc(F)cc2c1CCNC(=O)Oc1cc2cc(OC(F)(F)F)ccc2[nH]1. The number of hydrogen-bond donors (Lipinski definition) is 3. The minimum atomic E-state index is -4.82. The molecule has 11 heteroatoms.